The lowest BCUT2D eigenvalue weighted by Gasteiger charge is -2.22. The van der Waals surface area contributed by atoms with E-state index in [0.717, 1.165) is 11.1 Å². The number of allylic oxidation sites excluding steroid dienone is 1. The van der Waals surface area contributed by atoms with Crippen molar-refractivity contribution in [3.63, 3.8) is 0 Å². The standard InChI is InChI=1S/C15H20FNO/c1-5-18-12(4)10(2)15(11(3)17)13-6-8-14(16)9-7-13/h6-9,11,15H,2,4-5,17H2,1,3H3/p+1. The summed E-state index contributed by atoms with van der Waals surface area (Å²) in [6.45, 7) is 12.4. The van der Waals surface area contributed by atoms with Gasteiger partial charge in [-0.25, -0.2) is 4.39 Å². The molecular weight excluding hydrogens is 229 g/mol. The summed E-state index contributed by atoms with van der Waals surface area (Å²) in [5.74, 6) is 0.315. The van der Waals surface area contributed by atoms with E-state index in [0.29, 0.717) is 12.4 Å². The van der Waals surface area contributed by atoms with Crippen molar-refractivity contribution in [1.82, 2.24) is 0 Å². The number of ether oxygens (including phenoxy) is 1. The molecule has 0 radical (unpaired) electrons. The largest absolute Gasteiger partial charge is 0.494 e. The molecule has 0 spiro atoms. The molecule has 0 saturated heterocycles. The third kappa shape index (κ3) is 3.44. The average Bonchev–Trinajstić information content (AvgIpc) is 2.31. The van der Waals surface area contributed by atoms with Gasteiger partial charge in [-0.05, 0) is 37.1 Å². The predicted molar refractivity (Wildman–Crippen MR) is 71.4 cm³/mol. The summed E-state index contributed by atoms with van der Waals surface area (Å²) < 4.78 is 18.3. The van der Waals surface area contributed by atoms with Gasteiger partial charge >= 0.3 is 0 Å². The first-order valence-corrected chi connectivity index (χ1v) is 6.06. The molecule has 2 nitrogen and oxygen atoms in total. The lowest BCUT2D eigenvalue weighted by molar-refractivity contribution is -0.417. The summed E-state index contributed by atoms with van der Waals surface area (Å²) in [5, 5.41) is 0. The van der Waals surface area contributed by atoms with Crippen molar-refractivity contribution >= 4 is 0 Å². The summed E-state index contributed by atoms with van der Waals surface area (Å²) in [5.41, 5.74) is 5.82. The van der Waals surface area contributed by atoms with Gasteiger partial charge in [0.15, 0.2) is 0 Å². The molecule has 3 heteroatoms. The molecule has 1 rings (SSSR count). The van der Waals surface area contributed by atoms with Gasteiger partial charge in [-0.15, -0.1) is 0 Å². The second-order valence-corrected chi connectivity index (χ2v) is 4.39. The van der Waals surface area contributed by atoms with Crippen molar-refractivity contribution in [3.8, 4) is 0 Å². The van der Waals surface area contributed by atoms with Gasteiger partial charge in [-0.2, -0.15) is 0 Å². The van der Waals surface area contributed by atoms with E-state index in [1.54, 1.807) is 12.1 Å². The molecule has 0 amide bonds. The van der Waals surface area contributed by atoms with Crippen LogP contribution >= 0.6 is 0 Å². The molecule has 2 atom stereocenters. The number of quaternary nitrogens is 1. The Morgan fingerprint density at radius 3 is 2.33 bits per heavy atom. The minimum Gasteiger partial charge on any atom is -0.494 e. The highest BCUT2D eigenvalue weighted by atomic mass is 19.1. The number of hydrogen-bond donors (Lipinski definition) is 1. The van der Waals surface area contributed by atoms with Crippen molar-refractivity contribution < 1.29 is 14.9 Å². The van der Waals surface area contributed by atoms with E-state index in [1.165, 1.54) is 12.1 Å². The van der Waals surface area contributed by atoms with Gasteiger partial charge in [0.05, 0.1) is 18.6 Å². The highest BCUT2D eigenvalue weighted by Crippen LogP contribution is 2.30. The zero-order valence-corrected chi connectivity index (χ0v) is 11.1. The van der Waals surface area contributed by atoms with Gasteiger partial charge in [0.1, 0.15) is 11.6 Å². The molecule has 0 aromatic heterocycles. The van der Waals surface area contributed by atoms with Gasteiger partial charge in [-0.1, -0.05) is 25.3 Å². The van der Waals surface area contributed by atoms with Crippen molar-refractivity contribution in [2.45, 2.75) is 25.8 Å². The van der Waals surface area contributed by atoms with Gasteiger partial charge in [0.2, 0.25) is 0 Å². The molecular formula is C15H21FNO+. The lowest BCUT2D eigenvalue weighted by Crippen LogP contribution is -2.62. The summed E-state index contributed by atoms with van der Waals surface area (Å²) in [6, 6.07) is 6.50. The Labute approximate surface area is 108 Å². The second kappa shape index (κ2) is 6.36. The molecule has 1 aromatic carbocycles. The van der Waals surface area contributed by atoms with Gasteiger partial charge in [-0.3, -0.25) is 0 Å². The van der Waals surface area contributed by atoms with E-state index in [4.69, 9.17) is 4.74 Å². The predicted octanol–water partition coefficient (Wildman–Crippen LogP) is 2.65. The fourth-order valence-electron chi connectivity index (χ4n) is 1.98. The normalized spacial score (nSPS) is 13.8. The Hall–Kier alpha value is -1.61. The average molecular weight is 250 g/mol. The zero-order valence-electron chi connectivity index (χ0n) is 11.1. The fraction of sp³-hybridized carbons (Fsp3) is 0.333. The van der Waals surface area contributed by atoms with E-state index >= 15 is 0 Å². The molecule has 0 fully saturated rings. The fourth-order valence-corrected chi connectivity index (χ4v) is 1.98. The van der Waals surface area contributed by atoms with Crippen LogP contribution < -0.4 is 5.73 Å². The highest BCUT2D eigenvalue weighted by Gasteiger charge is 2.24. The summed E-state index contributed by atoms with van der Waals surface area (Å²) in [4.78, 5) is 0. The number of halogens is 1. The van der Waals surface area contributed by atoms with Gasteiger partial charge in [0.25, 0.3) is 0 Å². The van der Waals surface area contributed by atoms with E-state index in [-0.39, 0.29) is 17.8 Å². The molecule has 0 bridgehead atoms. The van der Waals surface area contributed by atoms with Crippen molar-refractivity contribution in [1.29, 1.82) is 0 Å². The molecule has 0 aliphatic rings. The van der Waals surface area contributed by atoms with Crippen LogP contribution in [0, 0.1) is 5.82 Å². The Kier molecular flexibility index (Phi) is 5.10. The maximum absolute atomic E-state index is 13.0. The minimum absolute atomic E-state index is 0.00958. The molecule has 1 aromatic rings. The molecule has 0 saturated carbocycles. The Bertz CT molecular complexity index is 423. The maximum Gasteiger partial charge on any atom is 0.123 e. The molecule has 0 heterocycles. The summed E-state index contributed by atoms with van der Waals surface area (Å²) in [7, 11) is 0. The van der Waals surface area contributed by atoms with Crippen LogP contribution in [0.2, 0.25) is 0 Å². The molecule has 18 heavy (non-hydrogen) atoms. The quantitative estimate of drug-likeness (QED) is 0.611. The highest BCUT2D eigenvalue weighted by molar-refractivity contribution is 5.36. The zero-order chi connectivity index (χ0) is 13.7. The minimum atomic E-state index is -0.247. The van der Waals surface area contributed by atoms with Gasteiger partial charge < -0.3 is 10.5 Å². The van der Waals surface area contributed by atoms with E-state index in [1.807, 2.05) is 13.8 Å². The third-order valence-corrected chi connectivity index (χ3v) is 2.85. The van der Waals surface area contributed by atoms with Gasteiger partial charge in [0, 0.05) is 0 Å². The lowest BCUT2D eigenvalue weighted by atomic mass is 9.86. The van der Waals surface area contributed by atoms with Crippen LogP contribution in [0.4, 0.5) is 4.39 Å². The molecule has 0 aliphatic heterocycles. The van der Waals surface area contributed by atoms with E-state index in [2.05, 4.69) is 18.9 Å². The van der Waals surface area contributed by atoms with Crippen molar-refractivity contribution in [2.24, 2.45) is 0 Å². The first-order valence-electron chi connectivity index (χ1n) is 6.06. The second-order valence-electron chi connectivity index (χ2n) is 4.39. The Morgan fingerprint density at radius 1 is 1.33 bits per heavy atom. The van der Waals surface area contributed by atoms with E-state index in [9.17, 15) is 4.39 Å². The SMILES string of the molecule is C=C(OCC)C(=C)C(c1ccc(F)cc1)C(C)[NH3+]. The summed E-state index contributed by atoms with van der Waals surface area (Å²) in [6.07, 6.45) is 0. The Balaban J connectivity index is 2.99. The first-order chi connectivity index (χ1) is 8.47. The van der Waals surface area contributed by atoms with Crippen LogP contribution in [0.25, 0.3) is 0 Å². The molecule has 0 aliphatic carbocycles. The smallest absolute Gasteiger partial charge is 0.123 e. The van der Waals surface area contributed by atoms with Crippen LogP contribution in [0.15, 0.2) is 48.8 Å². The summed E-state index contributed by atoms with van der Waals surface area (Å²) >= 11 is 0. The first kappa shape index (κ1) is 14.5. The number of hydrogen-bond acceptors (Lipinski definition) is 1. The topological polar surface area (TPSA) is 36.9 Å². The van der Waals surface area contributed by atoms with Crippen LogP contribution in [0.1, 0.15) is 25.3 Å². The van der Waals surface area contributed by atoms with Crippen LogP contribution in [0.5, 0.6) is 0 Å². The monoisotopic (exact) mass is 250 g/mol. The number of benzene rings is 1. The van der Waals surface area contributed by atoms with Crippen molar-refractivity contribution in [2.75, 3.05) is 6.61 Å². The Morgan fingerprint density at radius 2 is 1.89 bits per heavy atom. The molecule has 2 unspecified atom stereocenters. The van der Waals surface area contributed by atoms with Crippen molar-refractivity contribution in [3.05, 3.63) is 60.1 Å². The van der Waals surface area contributed by atoms with Crippen LogP contribution in [-0.2, 0) is 4.74 Å². The van der Waals surface area contributed by atoms with Crippen LogP contribution in [-0.4, -0.2) is 12.6 Å². The maximum atomic E-state index is 13.0. The third-order valence-electron chi connectivity index (χ3n) is 2.85. The van der Waals surface area contributed by atoms with E-state index < -0.39 is 0 Å². The molecule has 98 valence electrons. The molecule has 3 N–H and O–H groups in total. The van der Waals surface area contributed by atoms with Crippen LogP contribution in [0.3, 0.4) is 0 Å². The number of rotatable bonds is 6.